The Morgan fingerprint density at radius 3 is 2.71 bits per heavy atom. The summed E-state index contributed by atoms with van der Waals surface area (Å²) in [5.74, 6) is 0. The van der Waals surface area contributed by atoms with E-state index in [0.717, 1.165) is 24.0 Å². The van der Waals surface area contributed by atoms with E-state index in [1.54, 1.807) is 18.2 Å². The van der Waals surface area contributed by atoms with Gasteiger partial charge in [-0.3, -0.25) is 0 Å². The predicted molar refractivity (Wildman–Crippen MR) is 82.5 cm³/mol. The Morgan fingerprint density at radius 2 is 2.05 bits per heavy atom. The zero-order valence-electron chi connectivity index (χ0n) is 12.5. The normalized spacial score (nSPS) is 16.5. The summed E-state index contributed by atoms with van der Waals surface area (Å²) in [5, 5.41) is 0. The van der Waals surface area contributed by atoms with Gasteiger partial charge in [0.2, 0.25) is 10.0 Å². The highest BCUT2D eigenvalue weighted by Gasteiger charge is 2.17. The van der Waals surface area contributed by atoms with Gasteiger partial charge >= 0.3 is 0 Å². The molecular formula is C15H24N2O3S. The Balaban J connectivity index is 1.88. The van der Waals surface area contributed by atoms with Gasteiger partial charge in [-0.2, -0.15) is 0 Å². The van der Waals surface area contributed by atoms with Gasteiger partial charge in [0, 0.05) is 13.1 Å². The third-order valence-electron chi connectivity index (χ3n) is 3.90. The highest BCUT2D eigenvalue weighted by Crippen LogP contribution is 2.20. The van der Waals surface area contributed by atoms with Gasteiger partial charge < -0.3 is 10.5 Å². The van der Waals surface area contributed by atoms with E-state index in [-0.39, 0.29) is 4.90 Å². The van der Waals surface area contributed by atoms with Gasteiger partial charge in [-0.1, -0.05) is 18.9 Å². The fourth-order valence-electron chi connectivity index (χ4n) is 2.57. The van der Waals surface area contributed by atoms with Crippen LogP contribution in [-0.4, -0.2) is 27.7 Å². The average Bonchev–Trinajstić information content (AvgIpc) is 2.97. The van der Waals surface area contributed by atoms with Crippen LogP contribution in [0.2, 0.25) is 0 Å². The van der Waals surface area contributed by atoms with Gasteiger partial charge in [-0.05, 0) is 43.0 Å². The number of hydrogen-bond donors (Lipinski definition) is 2. The fourth-order valence-corrected chi connectivity index (χ4v) is 3.64. The largest absolute Gasteiger partial charge is 0.377 e. The molecule has 0 heterocycles. The molecule has 0 saturated heterocycles. The molecule has 3 N–H and O–H groups in total. The van der Waals surface area contributed by atoms with Crippen molar-refractivity contribution in [1.82, 2.24) is 4.72 Å². The van der Waals surface area contributed by atoms with Crippen LogP contribution in [0.5, 0.6) is 0 Å². The molecule has 2 rings (SSSR count). The van der Waals surface area contributed by atoms with E-state index < -0.39 is 10.0 Å². The Bertz CT molecular complexity index is 566. The lowest BCUT2D eigenvalue weighted by Crippen LogP contribution is -2.28. The summed E-state index contributed by atoms with van der Waals surface area (Å²) in [4.78, 5) is 0.259. The summed E-state index contributed by atoms with van der Waals surface area (Å²) in [6, 6.07) is 5.02. The first kappa shape index (κ1) is 16.4. The molecule has 0 radical (unpaired) electrons. The predicted octanol–water partition coefficient (Wildman–Crippen LogP) is 1.69. The number of aryl methyl sites for hydroxylation is 1. The van der Waals surface area contributed by atoms with Crippen LogP contribution in [0.15, 0.2) is 23.1 Å². The number of rotatable bonds is 7. The molecule has 0 amide bonds. The Labute approximate surface area is 126 Å². The second-order valence-corrected chi connectivity index (χ2v) is 7.23. The molecule has 0 spiro atoms. The van der Waals surface area contributed by atoms with Crippen molar-refractivity contribution in [2.75, 3.05) is 13.2 Å². The summed E-state index contributed by atoms with van der Waals surface area (Å²) >= 11 is 0. The second-order valence-electron chi connectivity index (χ2n) is 5.47. The van der Waals surface area contributed by atoms with Gasteiger partial charge in [-0.25, -0.2) is 13.1 Å². The van der Waals surface area contributed by atoms with Crippen LogP contribution in [0.3, 0.4) is 0 Å². The van der Waals surface area contributed by atoms with Crippen molar-refractivity contribution < 1.29 is 13.2 Å². The van der Waals surface area contributed by atoms with Crippen molar-refractivity contribution in [3.63, 3.8) is 0 Å². The van der Waals surface area contributed by atoms with E-state index in [4.69, 9.17) is 10.5 Å². The fraction of sp³-hybridized carbons (Fsp3) is 0.600. The maximum Gasteiger partial charge on any atom is 0.240 e. The van der Waals surface area contributed by atoms with E-state index in [1.165, 1.54) is 12.8 Å². The van der Waals surface area contributed by atoms with Crippen LogP contribution in [0.4, 0.5) is 0 Å². The molecule has 5 nitrogen and oxygen atoms in total. The molecular weight excluding hydrogens is 288 g/mol. The van der Waals surface area contributed by atoms with Crippen LogP contribution in [-0.2, 0) is 21.3 Å². The van der Waals surface area contributed by atoms with Gasteiger partial charge in [0.05, 0.1) is 17.6 Å². The quantitative estimate of drug-likeness (QED) is 0.751. The molecule has 21 heavy (non-hydrogen) atoms. The zero-order valence-corrected chi connectivity index (χ0v) is 13.3. The first-order valence-corrected chi connectivity index (χ1v) is 8.92. The first-order chi connectivity index (χ1) is 10.0. The molecule has 1 saturated carbocycles. The van der Waals surface area contributed by atoms with Gasteiger partial charge in [-0.15, -0.1) is 0 Å². The maximum absolute atomic E-state index is 12.2. The third kappa shape index (κ3) is 4.51. The average molecular weight is 312 g/mol. The molecule has 1 aliphatic carbocycles. The van der Waals surface area contributed by atoms with Crippen molar-refractivity contribution >= 4 is 10.0 Å². The number of benzene rings is 1. The van der Waals surface area contributed by atoms with Crippen LogP contribution in [0.25, 0.3) is 0 Å². The summed E-state index contributed by atoms with van der Waals surface area (Å²) in [6.07, 6.45) is 4.90. The molecule has 1 aromatic carbocycles. The standard InChI is InChI=1S/C15H24N2O3S/c1-12-6-7-15(10-13(12)11-16)21(18,19)17-8-9-20-14-4-2-3-5-14/h6-7,10,14,17H,2-5,8-9,11,16H2,1H3. The van der Waals surface area contributed by atoms with E-state index in [0.29, 0.717) is 25.8 Å². The van der Waals surface area contributed by atoms with Crippen molar-refractivity contribution in [1.29, 1.82) is 0 Å². The summed E-state index contributed by atoms with van der Waals surface area (Å²) < 4.78 is 32.6. The van der Waals surface area contributed by atoms with E-state index in [9.17, 15) is 8.42 Å². The topological polar surface area (TPSA) is 81.4 Å². The Hall–Kier alpha value is -0.950. The first-order valence-electron chi connectivity index (χ1n) is 7.44. The molecule has 0 bridgehead atoms. The number of nitrogens with two attached hydrogens (primary N) is 1. The molecule has 0 aromatic heterocycles. The Kier molecular flexibility index (Phi) is 5.75. The lowest BCUT2D eigenvalue weighted by molar-refractivity contribution is 0.0626. The zero-order chi connectivity index (χ0) is 15.3. The highest BCUT2D eigenvalue weighted by molar-refractivity contribution is 7.89. The van der Waals surface area contributed by atoms with Gasteiger partial charge in [0.25, 0.3) is 0 Å². The molecule has 1 aromatic rings. The molecule has 6 heteroatoms. The molecule has 0 aliphatic heterocycles. The van der Waals surface area contributed by atoms with Crippen molar-refractivity contribution in [3.05, 3.63) is 29.3 Å². The summed E-state index contributed by atoms with van der Waals surface area (Å²) in [5.41, 5.74) is 7.47. The number of hydrogen-bond acceptors (Lipinski definition) is 4. The maximum atomic E-state index is 12.2. The molecule has 0 unspecified atom stereocenters. The lowest BCUT2D eigenvalue weighted by Gasteiger charge is -2.12. The molecule has 118 valence electrons. The van der Waals surface area contributed by atoms with E-state index in [1.807, 2.05) is 6.92 Å². The minimum Gasteiger partial charge on any atom is -0.377 e. The monoisotopic (exact) mass is 312 g/mol. The SMILES string of the molecule is Cc1ccc(S(=O)(=O)NCCOC2CCCC2)cc1CN. The Morgan fingerprint density at radius 1 is 1.33 bits per heavy atom. The highest BCUT2D eigenvalue weighted by atomic mass is 32.2. The van der Waals surface area contributed by atoms with Gasteiger partial charge in [0.15, 0.2) is 0 Å². The third-order valence-corrected chi connectivity index (χ3v) is 5.36. The van der Waals surface area contributed by atoms with Gasteiger partial charge in [0.1, 0.15) is 0 Å². The van der Waals surface area contributed by atoms with Crippen LogP contribution < -0.4 is 10.5 Å². The van der Waals surface area contributed by atoms with E-state index >= 15 is 0 Å². The number of sulfonamides is 1. The number of nitrogens with one attached hydrogen (secondary N) is 1. The minimum atomic E-state index is -3.49. The molecule has 1 fully saturated rings. The number of ether oxygens (including phenoxy) is 1. The molecule has 0 atom stereocenters. The van der Waals surface area contributed by atoms with Crippen LogP contribution >= 0.6 is 0 Å². The van der Waals surface area contributed by atoms with Crippen molar-refractivity contribution in [2.45, 2.75) is 50.2 Å². The van der Waals surface area contributed by atoms with Crippen LogP contribution in [0, 0.1) is 6.92 Å². The van der Waals surface area contributed by atoms with Crippen LogP contribution in [0.1, 0.15) is 36.8 Å². The lowest BCUT2D eigenvalue weighted by atomic mass is 10.1. The summed E-state index contributed by atoms with van der Waals surface area (Å²) in [6.45, 7) is 2.96. The van der Waals surface area contributed by atoms with E-state index in [2.05, 4.69) is 4.72 Å². The second kappa shape index (κ2) is 7.35. The minimum absolute atomic E-state index is 0.259. The van der Waals surface area contributed by atoms with Crippen molar-refractivity contribution in [2.24, 2.45) is 5.73 Å². The summed E-state index contributed by atoms with van der Waals surface area (Å²) in [7, 11) is -3.49. The van der Waals surface area contributed by atoms with Crippen molar-refractivity contribution in [3.8, 4) is 0 Å². The molecule has 1 aliphatic rings. The smallest absolute Gasteiger partial charge is 0.240 e.